The molecule has 5 atom stereocenters. The smallest absolute Gasteiger partial charge is 0.350 e. The lowest BCUT2D eigenvalue weighted by Gasteiger charge is -2.39. The second kappa shape index (κ2) is 10.0. The first-order valence-electron chi connectivity index (χ1n) is 9.22. The summed E-state index contributed by atoms with van der Waals surface area (Å²) < 4.78 is 15.6. The number of nitrogens with two attached hydrogens (primary N) is 1. The van der Waals surface area contributed by atoms with Gasteiger partial charge in [0.2, 0.25) is 6.29 Å². The maximum Gasteiger partial charge on any atom is 0.350 e. The number of amides is 2. The third kappa shape index (κ3) is 4.96. The highest BCUT2D eigenvalue weighted by molar-refractivity contribution is 7.18. The highest BCUT2D eigenvalue weighted by atomic mass is 35.5. The number of nitrogens with one attached hydrogen (secondary N) is 1. The van der Waals surface area contributed by atoms with E-state index in [1.54, 1.807) is 6.07 Å². The summed E-state index contributed by atoms with van der Waals surface area (Å²) in [5, 5.41) is 41.6. The number of aliphatic hydroxyl groups excluding tert-OH is 4. The molecule has 3 rings (SSSR count). The highest BCUT2D eigenvalue weighted by Crippen LogP contribution is 2.39. The van der Waals surface area contributed by atoms with Gasteiger partial charge in [-0.2, -0.15) is 0 Å². The van der Waals surface area contributed by atoms with Crippen molar-refractivity contribution in [3.8, 4) is 16.2 Å². The van der Waals surface area contributed by atoms with Gasteiger partial charge in [0.15, 0.2) is 0 Å². The number of carbonyl (C=O) groups is 2. The second-order valence-corrected chi connectivity index (χ2v) is 8.25. The van der Waals surface area contributed by atoms with Gasteiger partial charge in [-0.05, 0) is 29.8 Å². The Morgan fingerprint density at radius 1 is 1.22 bits per heavy atom. The first-order valence-corrected chi connectivity index (χ1v) is 10.4. The zero-order valence-electron chi connectivity index (χ0n) is 16.6. The normalized spacial score (nSPS) is 25.2. The van der Waals surface area contributed by atoms with Gasteiger partial charge in [-0.1, -0.05) is 11.6 Å². The third-order valence-electron chi connectivity index (χ3n) is 4.67. The van der Waals surface area contributed by atoms with Crippen LogP contribution in [0.2, 0.25) is 5.02 Å². The summed E-state index contributed by atoms with van der Waals surface area (Å²) >= 11 is 7.35. The van der Waals surface area contributed by atoms with E-state index in [4.69, 9.17) is 31.5 Å². The van der Waals surface area contributed by atoms with Crippen molar-refractivity contribution >= 4 is 40.6 Å². The summed E-state index contributed by atoms with van der Waals surface area (Å²) in [6, 6.07) is 5.28. The number of methoxy groups -OCH3 is 1. The van der Waals surface area contributed by atoms with Crippen molar-refractivity contribution in [2.45, 2.75) is 30.7 Å². The molecule has 1 saturated heterocycles. The molecule has 174 valence electrons. The van der Waals surface area contributed by atoms with E-state index >= 15 is 0 Å². The molecule has 1 aliphatic rings. The Bertz CT molecular complexity index is 999. The monoisotopic (exact) mass is 488 g/mol. The summed E-state index contributed by atoms with van der Waals surface area (Å²) in [7, 11) is 1.21. The Kier molecular flexibility index (Phi) is 7.56. The molecule has 2 heterocycles. The van der Waals surface area contributed by atoms with Crippen LogP contribution in [0.25, 0.3) is 10.4 Å². The number of urea groups is 1. The number of anilines is 1. The minimum atomic E-state index is -1.59. The molecule has 11 nitrogen and oxygen atoms in total. The fraction of sp³-hybridized carbons (Fsp3) is 0.368. The quantitative estimate of drug-likeness (QED) is 0.316. The van der Waals surface area contributed by atoms with Gasteiger partial charge in [0.05, 0.1) is 24.4 Å². The zero-order chi connectivity index (χ0) is 23.6. The fourth-order valence-electron chi connectivity index (χ4n) is 3.04. The maximum absolute atomic E-state index is 12.0. The first-order chi connectivity index (χ1) is 15.2. The van der Waals surface area contributed by atoms with Crippen molar-refractivity contribution < 1.29 is 44.2 Å². The van der Waals surface area contributed by atoms with Crippen molar-refractivity contribution in [2.75, 3.05) is 19.0 Å². The van der Waals surface area contributed by atoms with Gasteiger partial charge in [-0.25, -0.2) is 9.59 Å². The minimum Gasteiger partial charge on any atom is -0.465 e. The number of primary amides is 1. The van der Waals surface area contributed by atoms with Gasteiger partial charge in [0, 0.05) is 4.88 Å². The van der Waals surface area contributed by atoms with Gasteiger partial charge in [-0.15, -0.1) is 11.3 Å². The van der Waals surface area contributed by atoms with Crippen LogP contribution in [-0.2, 0) is 9.47 Å². The molecule has 1 fully saturated rings. The standard InChI is InChI=1S/C19H21ClN2O9S/c1-29-17(27)16-9(22-19(21)28)5-12(32-16)7-2-3-10(8(20)4-7)30-18-15(26)14(25)13(24)11(6-23)31-18/h2-5,11,13-15,18,23-26H,6H2,1H3,(H3,21,22,28). The zero-order valence-corrected chi connectivity index (χ0v) is 18.2. The van der Waals surface area contributed by atoms with Gasteiger partial charge in [0.1, 0.15) is 35.0 Å². The number of hydrogen-bond acceptors (Lipinski definition) is 10. The molecule has 13 heteroatoms. The number of ether oxygens (including phenoxy) is 3. The lowest BCUT2D eigenvalue weighted by Crippen LogP contribution is -2.60. The van der Waals surface area contributed by atoms with E-state index in [1.165, 1.54) is 25.3 Å². The SMILES string of the molecule is COC(=O)c1sc(-c2ccc(OC3OC(CO)C(O)C(O)C3O)c(Cl)c2)cc1NC(N)=O. The van der Waals surface area contributed by atoms with E-state index in [9.17, 15) is 30.0 Å². The van der Waals surface area contributed by atoms with E-state index in [1.807, 2.05) is 0 Å². The molecule has 1 aromatic heterocycles. The highest BCUT2D eigenvalue weighted by Gasteiger charge is 2.44. The first kappa shape index (κ1) is 24.2. The predicted molar refractivity (Wildman–Crippen MR) is 114 cm³/mol. The molecule has 32 heavy (non-hydrogen) atoms. The summed E-state index contributed by atoms with van der Waals surface area (Å²) in [4.78, 5) is 23.9. The molecule has 2 amide bonds. The molecule has 2 aromatic rings. The Morgan fingerprint density at radius 3 is 2.53 bits per heavy atom. The second-order valence-electron chi connectivity index (χ2n) is 6.79. The van der Waals surface area contributed by atoms with E-state index in [-0.39, 0.29) is 21.3 Å². The van der Waals surface area contributed by atoms with Crippen molar-refractivity contribution in [3.05, 3.63) is 34.2 Å². The summed E-state index contributed by atoms with van der Waals surface area (Å²) in [6.07, 6.45) is -7.23. The van der Waals surface area contributed by atoms with E-state index in [0.29, 0.717) is 10.4 Å². The number of halogens is 1. The van der Waals surface area contributed by atoms with Crippen LogP contribution in [0.4, 0.5) is 10.5 Å². The van der Waals surface area contributed by atoms with Gasteiger partial charge >= 0.3 is 12.0 Å². The van der Waals surface area contributed by atoms with E-state index in [2.05, 4.69) is 5.32 Å². The molecule has 0 radical (unpaired) electrons. The number of benzene rings is 1. The van der Waals surface area contributed by atoms with Crippen LogP contribution in [0.15, 0.2) is 24.3 Å². The van der Waals surface area contributed by atoms with Crippen LogP contribution in [0, 0.1) is 0 Å². The Balaban J connectivity index is 1.85. The summed E-state index contributed by atoms with van der Waals surface area (Å²) in [5.41, 5.74) is 5.90. The molecule has 5 unspecified atom stereocenters. The number of esters is 1. The molecular weight excluding hydrogens is 468 g/mol. The molecular formula is C19H21ClN2O9S. The van der Waals surface area contributed by atoms with Crippen LogP contribution in [0.1, 0.15) is 9.67 Å². The van der Waals surface area contributed by atoms with Crippen LogP contribution >= 0.6 is 22.9 Å². The number of aliphatic hydroxyl groups is 4. The van der Waals surface area contributed by atoms with Crippen LogP contribution in [0.3, 0.4) is 0 Å². The lowest BCUT2D eigenvalue weighted by atomic mass is 9.99. The van der Waals surface area contributed by atoms with Gasteiger partial charge in [0.25, 0.3) is 0 Å². The van der Waals surface area contributed by atoms with Gasteiger partial charge < -0.3 is 45.7 Å². The summed E-state index contributed by atoms with van der Waals surface area (Å²) in [6.45, 7) is -0.597. The average Bonchev–Trinajstić information content (AvgIpc) is 3.17. The third-order valence-corrected chi connectivity index (χ3v) is 6.13. The molecule has 1 aliphatic heterocycles. The Morgan fingerprint density at radius 2 is 1.94 bits per heavy atom. The molecule has 7 N–H and O–H groups in total. The van der Waals surface area contributed by atoms with Crippen molar-refractivity contribution in [3.63, 3.8) is 0 Å². The largest absolute Gasteiger partial charge is 0.465 e. The lowest BCUT2D eigenvalue weighted by molar-refractivity contribution is -0.277. The Labute approximate surface area is 190 Å². The molecule has 0 spiro atoms. The molecule has 0 bridgehead atoms. The predicted octanol–water partition coefficient (Wildman–Crippen LogP) is 0.524. The topological polar surface area (TPSA) is 181 Å². The maximum atomic E-state index is 12.0. The number of rotatable bonds is 6. The van der Waals surface area contributed by atoms with Crippen LogP contribution in [0.5, 0.6) is 5.75 Å². The van der Waals surface area contributed by atoms with E-state index < -0.39 is 49.3 Å². The number of hydrogen-bond donors (Lipinski definition) is 6. The molecule has 0 saturated carbocycles. The minimum absolute atomic E-state index is 0.0972. The molecule has 0 aliphatic carbocycles. The molecule has 1 aromatic carbocycles. The number of thiophene rings is 1. The Hall–Kier alpha value is -2.45. The van der Waals surface area contributed by atoms with E-state index in [0.717, 1.165) is 11.3 Å². The average molecular weight is 489 g/mol. The van der Waals surface area contributed by atoms with Gasteiger partial charge in [-0.3, -0.25) is 0 Å². The summed E-state index contributed by atoms with van der Waals surface area (Å²) in [5.74, 6) is -0.557. The van der Waals surface area contributed by atoms with Crippen molar-refractivity contribution in [1.29, 1.82) is 0 Å². The fourth-order valence-corrected chi connectivity index (χ4v) is 4.30. The van der Waals surface area contributed by atoms with Crippen molar-refractivity contribution in [1.82, 2.24) is 0 Å². The number of carbonyl (C=O) groups excluding carboxylic acids is 2. The van der Waals surface area contributed by atoms with Crippen LogP contribution < -0.4 is 15.8 Å². The van der Waals surface area contributed by atoms with Crippen LogP contribution in [-0.4, -0.2) is 76.8 Å². The van der Waals surface area contributed by atoms with Crippen molar-refractivity contribution in [2.24, 2.45) is 5.73 Å².